The van der Waals surface area contributed by atoms with E-state index in [1.54, 1.807) is 12.4 Å². The lowest BCUT2D eigenvalue weighted by Crippen LogP contribution is -1.96. The van der Waals surface area contributed by atoms with Crippen molar-refractivity contribution in [2.24, 2.45) is 0 Å². The van der Waals surface area contributed by atoms with E-state index in [0.717, 1.165) is 10.6 Å². The van der Waals surface area contributed by atoms with E-state index < -0.39 is 0 Å². The molecule has 2 heterocycles. The van der Waals surface area contributed by atoms with Crippen LogP contribution >= 0.6 is 11.3 Å². The number of aromatic nitrogens is 2. The van der Waals surface area contributed by atoms with Gasteiger partial charge in [0.2, 0.25) is 0 Å². The molecule has 2 aromatic rings. The Balaban J connectivity index is 2.32. The van der Waals surface area contributed by atoms with Crippen molar-refractivity contribution in [3.05, 3.63) is 35.6 Å². The highest BCUT2D eigenvalue weighted by Gasteiger charge is 2.11. The molecule has 2 aromatic heterocycles. The summed E-state index contributed by atoms with van der Waals surface area (Å²) >= 11 is 1.31. The van der Waals surface area contributed by atoms with Crippen LogP contribution in [0.5, 0.6) is 0 Å². The number of carbonyl (C=O) groups excluding carboxylic acids is 1. The van der Waals surface area contributed by atoms with Crippen LogP contribution in [0.2, 0.25) is 0 Å². The van der Waals surface area contributed by atoms with Crippen LogP contribution in [-0.2, 0) is 4.74 Å². The van der Waals surface area contributed by atoms with E-state index in [4.69, 9.17) is 0 Å². The van der Waals surface area contributed by atoms with Crippen LogP contribution in [0.15, 0.2) is 30.7 Å². The van der Waals surface area contributed by atoms with Crippen LogP contribution in [0.25, 0.3) is 10.6 Å². The van der Waals surface area contributed by atoms with Gasteiger partial charge in [-0.1, -0.05) is 0 Å². The number of hydrogen-bond acceptors (Lipinski definition) is 5. The van der Waals surface area contributed by atoms with Gasteiger partial charge in [0.25, 0.3) is 0 Å². The number of rotatable bonds is 2. The molecule has 0 aromatic carbocycles. The van der Waals surface area contributed by atoms with E-state index >= 15 is 0 Å². The van der Waals surface area contributed by atoms with E-state index in [1.165, 1.54) is 24.6 Å². The molecule has 4 nitrogen and oxygen atoms in total. The number of methoxy groups -OCH3 is 1. The zero-order chi connectivity index (χ0) is 10.7. The summed E-state index contributed by atoms with van der Waals surface area (Å²) in [6.07, 6.45) is 4.90. The van der Waals surface area contributed by atoms with Gasteiger partial charge in [0.1, 0.15) is 9.88 Å². The summed E-state index contributed by atoms with van der Waals surface area (Å²) in [5.74, 6) is -0.354. The second kappa shape index (κ2) is 4.18. The SMILES string of the molecule is COC(=O)c1cnc(-c2ccncc2)s1. The van der Waals surface area contributed by atoms with Gasteiger partial charge in [0, 0.05) is 18.0 Å². The molecule has 0 unspecified atom stereocenters. The molecule has 0 bridgehead atoms. The predicted octanol–water partition coefficient (Wildman–Crippen LogP) is 1.99. The van der Waals surface area contributed by atoms with Crippen molar-refractivity contribution in [3.63, 3.8) is 0 Å². The molecular formula is C10H8N2O2S. The number of ether oxygens (including phenoxy) is 1. The lowest BCUT2D eigenvalue weighted by Gasteiger charge is -1.93. The van der Waals surface area contributed by atoms with E-state index in [2.05, 4.69) is 14.7 Å². The van der Waals surface area contributed by atoms with E-state index in [9.17, 15) is 4.79 Å². The minimum atomic E-state index is -0.354. The summed E-state index contributed by atoms with van der Waals surface area (Å²) in [5, 5.41) is 0.790. The third-order valence-corrected chi connectivity index (χ3v) is 2.85. The number of thiazole rings is 1. The van der Waals surface area contributed by atoms with Crippen molar-refractivity contribution in [1.29, 1.82) is 0 Å². The van der Waals surface area contributed by atoms with Crippen LogP contribution in [0.1, 0.15) is 9.67 Å². The lowest BCUT2D eigenvalue weighted by molar-refractivity contribution is 0.0606. The normalized spacial score (nSPS) is 9.93. The average molecular weight is 220 g/mol. The van der Waals surface area contributed by atoms with Gasteiger partial charge in [-0.15, -0.1) is 11.3 Å². The molecule has 15 heavy (non-hydrogen) atoms. The third-order valence-electron chi connectivity index (χ3n) is 1.82. The monoisotopic (exact) mass is 220 g/mol. The molecule has 2 rings (SSSR count). The first kappa shape index (κ1) is 9.79. The highest BCUT2D eigenvalue weighted by atomic mass is 32.1. The number of nitrogens with zero attached hydrogens (tertiary/aromatic N) is 2. The summed E-state index contributed by atoms with van der Waals surface area (Å²) in [6, 6.07) is 3.69. The first-order valence-electron chi connectivity index (χ1n) is 4.26. The standard InChI is InChI=1S/C10H8N2O2S/c1-14-10(13)8-6-12-9(15-8)7-2-4-11-5-3-7/h2-6H,1H3. The van der Waals surface area contributed by atoms with Crippen LogP contribution in [0.4, 0.5) is 0 Å². The second-order valence-corrected chi connectivity index (χ2v) is 3.79. The molecule has 0 atom stereocenters. The Hall–Kier alpha value is -1.75. The zero-order valence-electron chi connectivity index (χ0n) is 8.01. The predicted molar refractivity (Wildman–Crippen MR) is 56.7 cm³/mol. The minimum Gasteiger partial charge on any atom is -0.465 e. The van der Waals surface area contributed by atoms with E-state index in [0.29, 0.717) is 4.88 Å². The Morgan fingerprint density at radius 2 is 2.13 bits per heavy atom. The highest BCUT2D eigenvalue weighted by Crippen LogP contribution is 2.24. The number of pyridine rings is 1. The maximum Gasteiger partial charge on any atom is 0.349 e. The molecular weight excluding hydrogens is 212 g/mol. The largest absolute Gasteiger partial charge is 0.465 e. The summed E-state index contributed by atoms with van der Waals surface area (Å²) < 4.78 is 4.60. The van der Waals surface area contributed by atoms with Gasteiger partial charge in [0.15, 0.2) is 0 Å². The summed E-state index contributed by atoms with van der Waals surface area (Å²) in [7, 11) is 1.36. The Morgan fingerprint density at radius 1 is 1.40 bits per heavy atom. The quantitative estimate of drug-likeness (QED) is 0.726. The molecule has 0 aliphatic rings. The first-order valence-corrected chi connectivity index (χ1v) is 5.07. The van der Waals surface area contributed by atoms with Crippen molar-refractivity contribution in [1.82, 2.24) is 9.97 Å². The van der Waals surface area contributed by atoms with Crippen molar-refractivity contribution >= 4 is 17.3 Å². The average Bonchev–Trinajstić information content (AvgIpc) is 2.78. The van der Waals surface area contributed by atoms with Gasteiger partial charge in [-0.05, 0) is 12.1 Å². The third kappa shape index (κ3) is 2.02. The van der Waals surface area contributed by atoms with Crippen LogP contribution < -0.4 is 0 Å². The fourth-order valence-corrected chi connectivity index (χ4v) is 1.94. The van der Waals surface area contributed by atoms with Gasteiger partial charge in [-0.3, -0.25) is 4.98 Å². The van der Waals surface area contributed by atoms with Crippen molar-refractivity contribution in [3.8, 4) is 10.6 Å². The molecule has 5 heteroatoms. The summed E-state index contributed by atoms with van der Waals surface area (Å²) in [4.78, 5) is 19.8. The second-order valence-electron chi connectivity index (χ2n) is 2.76. The molecule has 0 N–H and O–H groups in total. The summed E-state index contributed by atoms with van der Waals surface area (Å²) in [5.41, 5.74) is 0.949. The van der Waals surface area contributed by atoms with Crippen molar-refractivity contribution < 1.29 is 9.53 Å². The minimum absolute atomic E-state index is 0.354. The molecule has 0 fully saturated rings. The Kier molecular flexibility index (Phi) is 2.73. The van der Waals surface area contributed by atoms with Gasteiger partial charge >= 0.3 is 5.97 Å². The topological polar surface area (TPSA) is 52.1 Å². The van der Waals surface area contributed by atoms with E-state index in [1.807, 2.05) is 12.1 Å². The van der Waals surface area contributed by atoms with Crippen LogP contribution in [-0.4, -0.2) is 23.0 Å². The zero-order valence-corrected chi connectivity index (χ0v) is 8.82. The molecule has 76 valence electrons. The van der Waals surface area contributed by atoms with Gasteiger partial charge < -0.3 is 4.74 Å². The number of esters is 1. The van der Waals surface area contributed by atoms with Gasteiger partial charge in [-0.2, -0.15) is 0 Å². The van der Waals surface area contributed by atoms with Crippen LogP contribution in [0, 0.1) is 0 Å². The Bertz CT molecular complexity index is 467. The highest BCUT2D eigenvalue weighted by molar-refractivity contribution is 7.16. The molecule has 0 saturated carbocycles. The molecule has 0 aliphatic carbocycles. The van der Waals surface area contributed by atoms with Crippen LogP contribution in [0.3, 0.4) is 0 Å². The van der Waals surface area contributed by atoms with Gasteiger partial charge in [-0.25, -0.2) is 9.78 Å². The molecule has 0 spiro atoms. The Morgan fingerprint density at radius 3 is 2.80 bits per heavy atom. The number of hydrogen-bond donors (Lipinski definition) is 0. The fraction of sp³-hybridized carbons (Fsp3) is 0.100. The van der Waals surface area contributed by atoms with Crippen molar-refractivity contribution in [2.75, 3.05) is 7.11 Å². The molecule has 0 amide bonds. The lowest BCUT2D eigenvalue weighted by atomic mass is 10.3. The molecule has 0 radical (unpaired) electrons. The van der Waals surface area contributed by atoms with Gasteiger partial charge in [0.05, 0.1) is 13.3 Å². The molecule has 0 aliphatic heterocycles. The van der Waals surface area contributed by atoms with Crippen molar-refractivity contribution in [2.45, 2.75) is 0 Å². The first-order chi connectivity index (χ1) is 7.31. The maximum absolute atomic E-state index is 11.2. The summed E-state index contributed by atoms with van der Waals surface area (Å²) in [6.45, 7) is 0. The van der Waals surface area contributed by atoms with E-state index in [-0.39, 0.29) is 5.97 Å². The molecule has 0 saturated heterocycles. The fourth-order valence-electron chi connectivity index (χ4n) is 1.10. The Labute approximate surface area is 90.6 Å². The smallest absolute Gasteiger partial charge is 0.349 e. The maximum atomic E-state index is 11.2. The number of carbonyl (C=O) groups is 1.